The van der Waals surface area contributed by atoms with Gasteiger partial charge in [0.1, 0.15) is 0 Å². The van der Waals surface area contributed by atoms with Crippen LogP contribution in [0.3, 0.4) is 0 Å². The minimum atomic E-state index is -1.02. The topological polar surface area (TPSA) is 76.2 Å². The molecule has 0 atom stereocenters. The maximum Gasteiger partial charge on any atom is 0.331 e. The molecule has 1 fully saturated rings. The number of rotatable bonds is 4. The van der Waals surface area contributed by atoms with Gasteiger partial charge in [-0.3, -0.25) is 0 Å². The molecule has 0 unspecified atom stereocenters. The van der Waals surface area contributed by atoms with Crippen molar-refractivity contribution in [3.8, 4) is 0 Å². The highest BCUT2D eigenvalue weighted by Crippen LogP contribution is 2.29. The van der Waals surface area contributed by atoms with Crippen LogP contribution in [0.1, 0.15) is 62.6 Å². The Balaban J connectivity index is 1.98. The molecule has 5 heteroatoms. The maximum atomic E-state index is 10.7. The van der Waals surface area contributed by atoms with Crippen molar-refractivity contribution in [2.45, 2.75) is 57.3 Å². The summed E-state index contributed by atoms with van der Waals surface area (Å²) in [6.07, 6.45) is 8.59. The van der Waals surface area contributed by atoms with Crippen LogP contribution in [0.4, 0.5) is 0 Å². The number of hydrogen-bond donors (Lipinski definition) is 1. The smallest absolute Gasteiger partial charge is 0.331 e. The Morgan fingerprint density at radius 3 is 2.53 bits per heavy atom. The van der Waals surface area contributed by atoms with Gasteiger partial charge in [0.05, 0.1) is 6.42 Å². The zero-order valence-electron chi connectivity index (χ0n) is 11.1. The van der Waals surface area contributed by atoms with Crippen molar-refractivity contribution in [3.05, 3.63) is 23.9 Å². The molecule has 1 N–H and O–H groups in total. The van der Waals surface area contributed by atoms with E-state index >= 15 is 0 Å². The van der Waals surface area contributed by atoms with Crippen molar-refractivity contribution in [2.75, 3.05) is 0 Å². The minimum absolute atomic E-state index is 0.0767. The normalized spacial score (nSPS) is 17.7. The molecule has 1 saturated carbocycles. The van der Waals surface area contributed by atoms with Crippen LogP contribution in [-0.4, -0.2) is 21.2 Å². The zero-order chi connectivity index (χ0) is 13.7. The van der Waals surface area contributed by atoms with E-state index in [9.17, 15) is 4.79 Å². The van der Waals surface area contributed by atoms with Crippen LogP contribution >= 0.6 is 0 Å². The fraction of sp³-hybridized carbons (Fsp3) is 0.643. The lowest BCUT2D eigenvalue weighted by molar-refractivity contribution is -0.132. The number of nitrogens with zero attached hydrogens (tertiary/aromatic N) is 2. The van der Waals surface area contributed by atoms with Gasteiger partial charge in [0.2, 0.25) is 5.89 Å². The first-order valence-corrected chi connectivity index (χ1v) is 6.90. The number of carbonyl (C=O) groups is 1. The van der Waals surface area contributed by atoms with E-state index in [0.717, 1.165) is 18.7 Å². The van der Waals surface area contributed by atoms with Gasteiger partial charge in [-0.2, -0.15) is 4.98 Å². The summed E-state index contributed by atoms with van der Waals surface area (Å²) < 4.78 is 5.13. The van der Waals surface area contributed by atoms with E-state index in [1.807, 2.05) is 0 Å². The third-order valence-corrected chi connectivity index (χ3v) is 3.62. The third kappa shape index (κ3) is 3.91. The number of aromatic nitrogens is 2. The largest absolute Gasteiger partial charge is 0.478 e. The molecular weight excluding hydrogens is 244 g/mol. The molecule has 0 amide bonds. The van der Waals surface area contributed by atoms with Gasteiger partial charge in [-0.1, -0.05) is 43.8 Å². The number of carboxylic acids is 1. The molecule has 1 heterocycles. The van der Waals surface area contributed by atoms with Crippen LogP contribution in [0, 0.1) is 0 Å². The quantitative estimate of drug-likeness (QED) is 0.846. The van der Waals surface area contributed by atoms with Crippen LogP contribution in [0.5, 0.6) is 0 Å². The Kier molecular flexibility index (Phi) is 4.71. The Morgan fingerprint density at radius 2 is 1.89 bits per heavy atom. The monoisotopic (exact) mass is 264 g/mol. The van der Waals surface area contributed by atoms with Crippen molar-refractivity contribution in [1.29, 1.82) is 0 Å². The highest BCUT2D eigenvalue weighted by molar-refractivity contribution is 5.86. The summed E-state index contributed by atoms with van der Waals surface area (Å²) in [5, 5.41) is 12.8. The lowest BCUT2D eigenvalue weighted by atomic mass is 9.91. The highest BCUT2D eigenvalue weighted by Gasteiger charge is 2.20. The number of hydrogen-bond acceptors (Lipinski definition) is 4. The number of carboxylic acid groups (broad SMARTS) is 1. The Hall–Kier alpha value is -1.65. The molecule has 5 nitrogen and oxygen atoms in total. The Morgan fingerprint density at radius 1 is 1.26 bits per heavy atom. The molecule has 1 aromatic heterocycles. The minimum Gasteiger partial charge on any atom is -0.478 e. The van der Waals surface area contributed by atoms with Gasteiger partial charge >= 0.3 is 5.97 Å². The molecule has 19 heavy (non-hydrogen) atoms. The SMILES string of the molecule is C=C(Cc1nc(C2CCCCCCC2)no1)C(=O)O. The van der Waals surface area contributed by atoms with E-state index in [4.69, 9.17) is 9.63 Å². The van der Waals surface area contributed by atoms with Crippen molar-refractivity contribution in [2.24, 2.45) is 0 Å². The molecule has 0 aromatic carbocycles. The van der Waals surface area contributed by atoms with Gasteiger partial charge in [-0.05, 0) is 12.8 Å². The van der Waals surface area contributed by atoms with Crippen molar-refractivity contribution >= 4 is 5.97 Å². The maximum absolute atomic E-state index is 10.7. The average Bonchev–Trinajstić information content (AvgIpc) is 2.76. The van der Waals surface area contributed by atoms with Crippen molar-refractivity contribution in [1.82, 2.24) is 10.1 Å². The lowest BCUT2D eigenvalue weighted by Gasteiger charge is -2.15. The second-order valence-corrected chi connectivity index (χ2v) is 5.17. The second-order valence-electron chi connectivity index (χ2n) is 5.17. The summed E-state index contributed by atoms with van der Waals surface area (Å²) in [7, 11) is 0. The molecule has 0 saturated heterocycles. The third-order valence-electron chi connectivity index (χ3n) is 3.62. The average molecular weight is 264 g/mol. The molecule has 1 aliphatic carbocycles. The summed E-state index contributed by atoms with van der Waals surface area (Å²) in [5.41, 5.74) is 0.0767. The number of aliphatic carboxylic acids is 1. The lowest BCUT2D eigenvalue weighted by Crippen LogP contribution is -2.05. The van der Waals surface area contributed by atoms with Gasteiger partial charge in [0.25, 0.3) is 0 Å². The van der Waals surface area contributed by atoms with Gasteiger partial charge in [-0.15, -0.1) is 0 Å². The van der Waals surface area contributed by atoms with Crippen molar-refractivity contribution < 1.29 is 14.4 Å². The molecule has 0 spiro atoms. The predicted molar refractivity (Wildman–Crippen MR) is 69.8 cm³/mol. The Bertz CT molecular complexity index is 445. The highest BCUT2D eigenvalue weighted by atomic mass is 16.5. The van der Waals surface area contributed by atoms with Crippen LogP contribution in [0.25, 0.3) is 0 Å². The van der Waals surface area contributed by atoms with Crippen LogP contribution in [-0.2, 0) is 11.2 Å². The van der Waals surface area contributed by atoms with Crippen LogP contribution < -0.4 is 0 Å². The van der Waals surface area contributed by atoms with Gasteiger partial charge in [0.15, 0.2) is 5.82 Å². The summed E-state index contributed by atoms with van der Waals surface area (Å²) in [4.78, 5) is 15.0. The van der Waals surface area contributed by atoms with Crippen LogP contribution in [0.2, 0.25) is 0 Å². The van der Waals surface area contributed by atoms with E-state index in [1.165, 1.54) is 32.1 Å². The summed E-state index contributed by atoms with van der Waals surface area (Å²) in [6, 6.07) is 0. The molecule has 1 aromatic rings. The van der Waals surface area contributed by atoms with Gasteiger partial charge in [-0.25, -0.2) is 4.79 Å². The standard InChI is InChI=1S/C14H20N2O3/c1-10(14(17)18)9-12-15-13(16-19-12)11-7-5-3-2-4-6-8-11/h11H,1-9H2,(H,17,18). The van der Waals surface area contributed by atoms with Gasteiger partial charge < -0.3 is 9.63 Å². The van der Waals surface area contributed by atoms with E-state index < -0.39 is 5.97 Å². The van der Waals surface area contributed by atoms with E-state index in [2.05, 4.69) is 16.7 Å². The molecule has 0 bridgehead atoms. The second kappa shape index (κ2) is 6.50. The summed E-state index contributed by atoms with van der Waals surface area (Å²) in [5.74, 6) is 0.418. The fourth-order valence-electron chi connectivity index (χ4n) is 2.48. The van der Waals surface area contributed by atoms with E-state index in [-0.39, 0.29) is 12.0 Å². The summed E-state index contributed by atoms with van der Waals surface area (Å²) in [6.45, 7) is 3.47. The van der Waals surface area contributed by atoms with Crippen LogP contribution in [0.15, 0.2) is 16.7 Å². The summed E-state index contributed by atoms with van der Waals surface area (Å²) >= 11 is 0. The molecule has 0 radical (unpaired) electrons. The first-order valence-electron chi connectivity index (χ1n) is 6.90. The molecule has 1 aliphatic rings. The molecular formula is C14H20N2O3. The van der Waals surface area contributed by atoms with E-state index in [0.29, 0.717) is 11.8 Å². The fourth-order valence-corrected chi connectivity index (χ4v) is 2.48. The first-order chi connectivity index (χ1) is 9.16. The van der Waals surface area contributed by atoms with E-state index in [1.54, 1.807) is 0 Å². The zero-order valence-corrected chi connectivity index (χ0v) is 11.1. The van der Waals surface area contributed by atoms with Gasteiger partial charge in [0, 0.05) is 11.5 Å². The predicted octanol–water partition coefficient (Wildman–Crippen LogP) is 3.08. The molecule has 0 aliphatic heterocycles. The molecule has 2 rings (SSSR count). The van der Waals surface area contributed by atoms with Crippen molar-refractivity contribution in [3.63, 3.8) is 0 Å². The Labute approximate surface area is 112 Å². The molecule has 104 valence electrons. The first kappa shape index (κ1) is 13.8.